The van der Waals surface area contributed by atoms with Gasteiger partial charge in [-0.25, -0.2) is 13.9 Å². The first-order chi connectivity index (χ1) is 20.1. The summed E-state index contributed by atoms with van der Waals surface area (Å²) in [6.45, 7) is 9.06. The lowest BCUT2D eigenvalue weighted by molar-refractivity contribution is -0.0366. The van der Waals surface area contributed by atoms with Crippen molar-refractivity contribution in [2.24, 2.45) is 0 Å². The Kier molecular flexibility index (Phi) is 8.94. The Labute approximate surface area is 246 Å². The third kappa shape index (κ3) is 6.49. The van der Waals surface area contributed by atoms with Crippen molar-refractivity contribution < 1.29 is 33.2 Å². The molecule has 9 nitrogen and oxygen atoms in total. The molecule has 1 saturated heterocycles. The molecule has 0 spiro atoms. The second kappa shape index (κ2) is 12.5. The largest absolute Gasteiger partial charge is 0.505 e. The maximum Gasteiger partial charge on any atom is 0.410 e. The Balaban J connectivity index is 1.45. The molecular formula is C32H42FN3O6. The van der Waals surface area contributed by atoms with E-state index in [-0.39, 0.29) is 30.2 Å². The Morgan fingerprint density at radius 1 is 1.21 bits per heavy atom. The molecule has 1 aliphatic heterocycles. The molecule has 0 bridgehead atoms. The van der Waals surface area contributed by atoms with Gasteiger partial charge in [0.2, 0.25) is 0 Å². The number of aromatic hydroxyl groups is 1. The number of carbonyl (C=O) groups is 1. The van der Waals surface area contributed by atoms with E-state index in [1.807, 2.05) is 44.5 Å². The number of phenols is 1. The highest BCUT2D eigenvalue weighted by Crippen LogP contribution is 2.40. The summed E-state index contributed by atoms with van der Waals surface area (Å²) in [7, 11) is 1.61. The maximum absolute atomic E-state index is 14.6. The second-order valence-corrected chi connectivity index (χ2v) is 12.2. The lowest BCUT2D eigenvalue weighted by atomic mass is 9.87. The number of carbonyl (C=O) groups excluding carboxylic acids is 1. The van der Waals surface area contributed by atoms with Crippen LogP contribution in [0.1, 0.15) is 71.6 Å². The Hall–Kier alpha value is -3.37. The fourth-order valence-corrected chi connectivity index (χ4v) is 5.68. The predicted octanol–water partition coefficient (Wildman–Crippen LogP) is 6.60. The fourth-order valence-electron chi connectivity index (χ4n) is 5.68. The van der Waals surface area contributed by atoms with Crippen molar-refractivity contribution in [2.45, 2.75) is 90.2 Å². The van der Waals surface area contributed by atoms with E-state index in [1.165, 1.54) is 12.1 Å². The molecular weight excluding hydrogens is 541 g/mol. The van der Waals surface area contributed by atoms with Gasteiger partial charge in [-0.2, -0.15) is 5.10 Å². The zero-order valence-corrected chi connectivity index (χ0v) is 25.2. The minimum absolute atomic E-state index is 0.0325. The highest BCUT2D eigenvalue weighted by Gasteiger charge is 2.39. The van der Waals surface area contributed by atoms with Gasteiger partial charge in [0.15, 0.2) is 17.8 Å². The highest BCUT2D eigenvalue weighted by atomic mass is 19.1. The minimum atomic E-state index is -0.672. The molecule has 2 heterocycles. The smallest absolute Gasteiger partial charge is 0.410 e. The van der Waals surface area contributed by atoms with E-state index in [9.17, 15) is 14.3 Å². The van der Waals surface area contributed by atoms with Crippen LogP contribution in [-0.4, -0.2) is 70.5 Å². The summed E-state index contributed by atoms with van der Waals surface area (Å²) in [6, 6.07) is 6.75. The highest BCUT2D eigenvalue weighted by molar-refractivity contribution is 5.91. The van der Waals surface area contributed by atoms with Crippen LogP contribution in [0.5, 0.6) is 11.5 Å². The molecule has 10 heteroatoms. The Bertz CT molecular complexity index is 1410. The van der Waals surface area contributed by atoms with Gasteiger partial charge in [-0.15, -0.1) is 0 Å². The summed E-state index contributed by atoms with van der Waals surface area (Å²) >= 11 is 0. The molecule has 0 radical (unpaired) electrons. The summed E-state index contributed by atoms with van der Waals surface area (Å²) in [5.74, 6) is -0.393. The SMILES string of the molecule is CCc1cc(O)c(F)cc1-c1cc(O[C@H]2C[C@H](N(CCOC)C(=O)OC(C)(C)C)C2)c2cnn(C3CCCCO3)c2c1. The van der Waals surface area contributed by atoms with Gasteiger partial charge in [0.05, 0.1) is 23.7 Å². The lowest BCUT2D eigenvalue weighted by Crippen LogP contribution is -2.53. The number of methoxy groups -OCH3 is 1. The van der Waals surface area contributed by atoms with Gasteiger partial charge in [-0.1, -0.05) is 6.92 Å². The van der Waals surface area contributed by atoms with Crippen molar-refractivity contribution in [3.8, 4) is 22.6 Å². The third-order valence-electron chi connectivity index (χ3n) is 7.94. The number of hydrogen-bond acceptors (Lipinski definition) is 7. The summed E-state index contributed by atoms with van der Waals surface area (Å²) < 4.78 is 40.0. The molecule has 2 aromatic carbocycles. The van der Waals surface area contributed by atoms with Crippen molar-refractivity contribution in [1.82, 2.24) is 14.7 Å². The number of fused-ring (bicyclic) bond motifs is 1. The summed E-state index contributed by atoms with van der Waals surface area (Å²) in [6.07, 6.45) is 5.97. The van der Waals surface area contributed by atoms with Crippen LogP contribution in [0, 0.1) is 5.82 Å². The molecule has 2 aliphatic rings. The van der Waals surface area contributed by atoms with Crippen LogP contribution < -0.4 is 4.74 Å². The van der Waals surface area contributed by atoms with Crippen LogP contribution in [-0.2, 0) is 20.6 Å². The average molecular weight is 584 g/mol. The number of aryl methyl sites for hydroxylation is 1. The molecule has 1 amide bonds. The lowest BCUT2D eigenvalue weighted by Gasteiger charge is -2.42. The van der Waals surface area contributed by atoms with Crippen molar-refractivity contribution in [2.75, 3.05) is 26.9 Å². The number of aromatic nitrogens is 2. The van der Waals surface area contributed by atoms with E-state index >= 15 is 0 Å². The topological polar surface area (TPSA) is 95.3 Å². The predicted molar refractivity (Wildman–Crippen MR) is 157 cm³/mol. The van der Waals surface area contributed by atoms with Crippen LogP contribution in [0.25, 0.3) is 22.0 Å². The number of hydrogen-bond donors (Lipinski definition) is 1. The first-order valence-corrected chi connectivity index (χ1v) is 14.9. The zero-order chi connectivity index (χ0) is 30.0. The Morgan fingerprint density at radius 3 is 2.67 bits per heavy atom. The van der Waals surface area contributed by atoms with Crippen molar-refractivity contribution in [3.63, 3.8) is 0 Å². The first kappa shape index (κ1) is 30.1. The molecule has 2 fully saturated rings. The van der Waals surface area contributed by atoms with E-state index < -0.39 is 11.4 Å². The van der Waals surface area contributed by atoms with Gasteiger partial charge >= 0.3 is 6.09 Å². The molecule has 1 aromatic heterocycles. The summed E-state index contributed by atoms with van der Waals surface area (Å²) in [4.78, 5) is 14.7. The standard InChI is InChI=1S/C32H42FN3O6/c1-6-20-14-28(37)26(33)18-24(20)21-13-27-25(19-34-36(27)30-9-7-8-11-40-30)29(15-21)41-23-16-22(17-23)35(10-12-39-5)31(38)42-32(2,3)4/h13-15,18-19,22-23,30,37H,6-12,16-17H2,1-5H3/t22-,23-,30?. The van der Waals surface area contributed by atoms with Gasteiger partial charge < -0.3 is 29.0 Å². The molecule has 5 rings (SSSR count). The number of nitrogens with zero attached hydrogens (tertiary/aromatic N) is 3. The number of halogens is 1. The van der Waals surface area contributed by atoms with Crippen LogP contribution in [0.4, 0.5) is 9.18 Å². The van der Waals surface area contributed by atoms with Crippen molar-refractivity contribution >= 4 is 17.0 Å². The van der Waals surface area contributed by atoms with Gasteiger partial charge in [-0.05, 0) is 87.4 Å². The Morgan fingerprint density at radius 2 is 2.00 bits per heavy atom. The molecule has 228 valence electrons. The second-order valence-electron chi connectivity index (χ2n) is 12.2. The van der Waals surface area contributed by atoms with Crippen molar-refractivity contribution in [1.29, 1.82) is 0 Å². The fraction of sp³-hybridized carbons (Fsp3) is 0.562. The normalized spacial score (nSPS) is 20.8. The number of amides is 1. The first-order valence-electron chi connectivity index (χ1n) is 14.9. The number of rotatable bonds is 9. The van der Waals surface area contributed by atoms with E-state index in [0.29, 0.717) is 50.3 Å². The molecule has 1 saturated carbocycles. The molecule has 3 aromatic rings. The number of ether oxygens (including phenoxy) is 4. The quantitative estimate of drug-likeness (QED) is 0.303. The van der Waals surface area contributed by atoms with Crippen LogP contribution in [0.15, 0.2) is 30.5 Å². The minimum Gasteiger partial charge on any atom is -0.505 e. The third-order valence-corrected chi connectivity index (χ3v) is 7.94. The maximum atomic E-state index is 14.6. The van der Waals surface area contributed by atoms with E-state index in [0.717, 1.165) is 41.3 Å². The molecule has 1 unspecified atom stereocenters. The average Bonchev–Trinajstić information content (AvgIpc) is 3.36. The van der Waals surface area contributed by atoms with E-state index in [2.05, 4.69) is 5.10 Å². The van der Waals surface area contributed by atoms with Gasteiger partial charge in [0.25, 0.3) is 0 Å². The summed E-state index contributed by atoms with van der Waals surface area (Å²) in [5.41, 5.74) is 2.54. The van der Waals surface area contributed by atoms with Gasteiger partial charge in [0.1, 0.15) is 17.5 Å². The summed E-state index contributed by atoms with van der Waals surface area (Å²) in [5, 5.41) is 15.6. The van der Waals surface area contributed by atoms with E-state index in [4.69, 9.17) is 18.9 Å². The zero-order valence-electron chi connectivity index (χ0n) is 25.2. The van der Waals surface area contributed by atoms with E-state index in [1.54, 1.807) is 18.2 Å². The van der Waals surface area contributed by atoms with Crippen LogP contribution >= 0.6 is 0 Å². The molecule has 1 atom stereocenters. The van der Waals surface area contributed by atoms with Gasteiger partial charge in [0, 0.05) is 39.1 Å². The van der Waals surface area contributed by atoms with Crippen LogP contribution in [0.2, 0.25) is 0 Å². The van der Waals surface area contributed by atoms with Crippen molar-refractivity contribution in [3.05, 3.63) is 41.8 Å². The molecule has 1 N–H and O–H groups in total. The molecule has 42 heavy (non-hydrogen) atoms. The van der Waals surface area contributed by atoms with Crippen LogP contribution in [0.3, 0.4) is 0 Å². The monoisotopic (exact) mass is 583 g/mol. The molecule has 1 aliphatic carbocycles. The number of phenolic OH excluding ortho intramolecular Hbond substituents is 1. The van der Waals surface area contributed by atoms with Gasteiger partial charge in [-0.3, -0.25) is 0 Å². The number of benzene rings is 2.